The number of amides is 1. The van der Waals surface area contributed by atoms with Crippen LogP contribution in [-0.4, -0.2) is 52.0 Å². The summed E-state index contributed by atoms with van der Waals surface area (Å²) in [5.41, 5.74) is 0.0784. The maximum Gasteiger partial charge on any atom is 0.407 e. The molecule has 3 heterocycles. The van der Waals surface area contributed by atoms with Gasteiger partial charge >= 0.3 is 18.7 Å². The van der Waals surface area contributed by atoms with Gasteiger partial charge in [0.25, 0.3) is 0 Å². The molecule has 2 saturated heterocycles. The predicted octanol–water partition coefficient (Wildman–Crippen LogP) is 5.30. The first-order valence-electron chi connectivity index (χ1n) is 10.8. The number of carbonyl (C=O) groups is 2. The van der Waals surface area contributed by atoms with Crippen LogP contribution in [0.4, 0.5) is 13.6 Å². The number of carbonyl (C=O) groups excluding carboxylic acids is 1. The predicted molar refractivity (Wildman–Crippen MR) is 111 cm³/mol. The van der Waals surface area contributed by atoms with Crippen molar-refractivity contribution in [3.05, 3.63) is 34.5 Å². The van der Waals surface area contributed by atoms with Crippen molar-refractivity contribution in [2.75, 3.05) is 0 Å². The van der Waals surface area contributed by atoms with Crippen LogP contribution in [0, 0.1) is 0 Å². The Bertz CT molecular complexity index is 1070. The Hall–Kier alpha value is -2.88. The number of halogens is 3. The number of benzene rings is 1. The first kappa shape index (κ1) is 21.9. The van der Waals surface area contributed by atoms with Gasteiger partial charge in [0.1, 0.15) is 23.1 Å². The minimum absolute atomic E-state index is 0.00547. The fourth-order valence-corrected chi connectivity index (χ4v) is 5.22. The molecule has 176 valence electrons. The molecule has 1 aromatic carbocycles. The van der Waals surface area contributed by atoms with E-state index in [-0.39, 0.29) is 45.6 Å². The van der Waals surface area contributed by atoms with Gasteiger partial charge in [-0.25, -0.2) is 9.59 Å². The van der Waals surface area contributed by atoms with Crippen molar-refractivity contribution in [1.82, 2.24) is 10.1 Å². The van der Waals surface area contributed by atoms with Gasteiger partial charge in [-0.05, 0) is 37.8 Å². The van der Waals surface area contributed by atoms with Crippen LogP contribution in [0.15, 0.2) is 22.7 Å². The summed E-state index contributed by atoms with van der Waals surface area (Å²) >= 11 is 6.29. The van der Waals surface area contributed by atoms with E-state index < -0.39 is 24.8 Å². The van der Waals surface area contributed by atoms with E-state index in [1.807, 2.05) is 0 Å². The molecule has 0 radical (unpaired) electrons. The molecule has 3 fully saturated rings. The molecule has 1 N–H and O–H groups in total. The molecule has 1 saturated carbocycles. The van der Waals surface area contributed by atoms with E-state index in [0.29, 0.717) is 18.6 Å². The van der Waals surface area contributed by atoms with Gasteiger partial charge in [0.05, 0.1) is 10.6 Å². The summed E-state index contributed by atoms with van der Waals surface area (Å²) < 4.78 is 41.8. The number of hydrogen-bond acceptors (Lipinski definition) is 6. The van der Waals surface area contributed by atoms with Crippen LogP contribution in [0.25, 0.3) is 11.3 Å². The van der Waals surface area contributed by atoms with E-state index in [1.54, 1.807) is 0 Å². The lowest BCUT2D eigenvalue weighted by molar-refractivity contribution is -0.0494. The molecule has 33 heavy (non-hydrogen) atoms. The van der Waals surface area contributed by atoms with Crippen molar-refractivity contribution in [3.8, 4) is 17.0 Å². The van der Waals surface area contributed by atoms with Crippen molar-refractivity contribution in [1.29, 1.82) is 0 Å². The van der Waals surface area contributed by atoms with Crippen molar-refractivity contribution in [3.63, 3.8) is 0 Å². The average Bonchev–Trinajstić information content (AvgIpc) is 3.43. The molecule has 1 amide bonds. The quantitative estimate of drug-likeness (QED) is 0.557. The number of carboxylic acid groups (broad SMARTS) is 1. The largest absolute Gasteiger partial charge is 0.465 e. The topological polar surface area (TPSA) is 102 Å². The van der Waals surface area contributed by atoms with E-state index in [0.717, 1.165) is 25.7 Å². The van der Waals surface area contributed by atoms with Crippen LogP contribution in [0.5, 0.6) is 5.75 Å². The van der Waals surface area contributed by atoms with Crippen LogP contribution >= 0.6 is 11.6 Å². The summed E-state index contributed by atoms with van der Waals surface area (Å²) in [6, 6.07) is 3.86. The third-order valence-corrected chi connectivity index (χ3v) is 6.80. The average molecular weight is 483 g/mol. The molecular formula is C22H21ClF2N2O6. The number of piperidine rings is 1. The molecule has 2 aromatic rings. The second-order valence-electron chi connectivity index (χ2n) is 8.61. The Morgan fingerprint density at radius 1 is 1.18 bits per heavy atom. The molecule has 5 rings (SSSR count). The van der Waals surface area contributed by atoms with E-state index >= 15 is 0 Å². The third kappa shape index (κ3) is 4.12. The SMILES string of the molecule is O=C(OC1C[C@H]2CC[C@@H](C1)N2C(=O)O)c1c(-c2c(Cl)cccc2OC(F)F)noc1C1CC1. The minimum atomic E-state index is -3.10. The lowest BCUT2D eigenvalue weighted by Crippen LogP contribution is -2.48. The zero-order valence-electron chi connectivity index (χ0n) is 17.4. The van der Waals surface area contributed by atoms with Gasteiger partial charge < -0.3 is 24.0 Å². The molecule has 3 atom stereocenters. The van der Waals surface area contributed by atoms with E-state index in [1.165, 1.54) is 23.1 Å². The summed E-state index contributed by atoms with van der Waals surface area (Å²) in [4.78, 5) is 26.3. The zero-order chi connectivity index (χ0) is 23.3. The Morgan fingerprint density at radius 2 is 1.88 bits per heavy atom. The fourth-order valence-electron chi connectivity index (χ4n) is 4.97. The molecule has 2 aliphatic heterocycles. The highest BCUT2D eigenvalue weighted by molar-refractivity contribution is 6.33. The van der Waals surface area contributed by atoms with E-state index in [4.69, 9.17) is 20.9 Å². The number of aromatic nitrogens is 1. The number of ether oxygens (including phenoxy) is 2. The standard InChI is InChI=1S/C22H21ClF2N2O6/c23-14-2-1-3-15(32-21(24)25)16(14)18-17(19(33-26-18)10-4-5-10)20(28)31-13-8-11-6-7-12(9-13)27(11)22(29)30/h1-3,10-13,21H,4-9H2,(H,29,30)/t11-,12+,13?. The molecule has 1 aliphatic carbocycles. The summed E-state index contributed by atoms with van der Waals surface area (Å²) in [6.07, 6.45) is 2.44. The lowest BCUT2D eigenvalue weighted by atomic mass is 9.99. The molecule has 8 nitrogen and oxygen atoms in total. The highest BCUT2D eigenvalue weighted by Crippen LogP contribution is 2.47. The Balaban J connectivity index is 1.46. The third-order valence-electron chi connectivity index (χ3n) is 6.48. The highest BCUT2D eigenvalue weighted by atomic mass is 35.5. The van der Waals surface area contributed by atoms with Crippen molar-refractivity contribution >= 4 is 23.7 Å². The van der Waals surface area contributed by atoms with Crippen LogP contribution in [0.2, 0.25) is 5.02 Å². The second kappa shape index (κ2) is 8.48. The molecule has 3 aliphatic rings. The highest BCUT2D eigenvalue weighted by Gasteiger charge is 2.45. The lowest BCUT2D eigenvalue weighted by Gasteiger charge is -2.36. The molecule has 11 heteroatoms. The monoisotopic (exact) mass is 482 g/mol. The molecule has 0 spiro atoms. The Morgan fingerprint density at radius 3 is 2.48 bits per heavy atom. The number of alkyl halides is 2. The van der Waals surface area contributed by atoms with Crippen LogP contribution in [-0.2, 0) is 4.74 Å². The van der Waals surface area contributed by atoms with Gasteiger partial charge in [-0.2, -0.15) is 8.78 Å². The van der Waals surface area contributed by atoms with Gasteiger partial charge in [-0.1, -0.05) is 22.8 Å². The fraction of sp³-hybridized carbons (Fsp3) is 0.500. The first-order valence-corrected chi connectivity index (χ1v) is 11.2. The summed E-state index contributed by atoms with van der Waals surface area (Å²) in [6.45, 7) is -3.10. The number of fused-ring (bicyclic) bond motifs is 2. The maximum atomic E-state index is 13.3. The van der Waals surface area contributed by atoms with Gasteiger partial charge in [0.2, 0.25) is 0 Å². The van der Waals surface area contributed by atoms with E-state index in [2.05, 4.69) is 9.89 Å². The van der Waals surface area contributed by atoms with Gasteiger partial charge in [0.15, 0.2) is 5.76 Å². The number of esters is 1. The summed E-state index contributed by atoms with van der Waals surface area (Å²) in [7, 11) is 0. The van der Waals surface area contributed by atoms with Crippen LogP contribution in [0.3, 0.4) is 0 Å². The minimum Gasteiger partial charge on any atom is -0.465 e. The molecular weight excluding hydrogens is 462 g/mol. The summed E-state index contributed by atoms with van der Waals surface area (Å²) in [5, 5.41) is 13.5. The number of hydrogen-bond donors (Lipinski definition) is 1. The Labute approximate surface area is 192 Å². The van der Waals surface area contributed by atoms with Crippen molar-refractivity contribution in [2.45, 2.75) is 69.2 Å². The Kier molecular flexibility index (Phi) is 5.64. The van der Waals surface area contributed by atoms with Gasteiger partial charge in [0, 0.05) is 30.8 Å². The first-order chi connectivity index (χ1) is 15.8. The zero-order valence-corrected chi connectivity index (χ0v) is 18.1. The second-order valence-corrected chi connectivity index (χ2v) is 9.02. The van der Waals surface area contributed by atoms with Gasteiger partial charge in [-0.3, -0.25) is 0 Å². The molecule has 1 aromatic heterocycles. The van der Waals surface area contributed by atoms with E-state index in [9.17, 15) is 23.5 Å². The molecule has 1 unspecified atom stereocenters. The van der Waals surface area contributed by atoms with Crippen molar-refractivity contribution in [2.24, 2.45) is 0 Å². The van der Waals surface area contributed by atoms with Crippen LogP contribution in [0.1, 0.15) is 60.6 Å². The van der Waals surface area contributed by atoms with Crippen molar-refractivity contribution < 1.29 is 37.5 Å². The smallest absolute Gasteiger partial charge is 0.407 e. The number of rotatable bonds is 6. The normalized spacial score (nSPS) is 24.2. The maximum absolute atomic E-state index is 13.3. The number of nitrogens with zero attached hydrogens (tertiary/aromatic N) is 2. The molecule has 2 bridgehead atoms. The summed E-state index contributed by atoms with van der Waals surface area (Å²) in [5.74, 6) is -0.594. The van der Waals surface area contributed by atoms with Crippen LogP contribution < -0.4 is 4.74 Å². The van der Waals surface area contributed by atoms with Gasteiger partial charge in [-0.15, -0.1) is 0 Å².